The zero-order valence-corrected chi connectivity index (χ0v) is 16.7. The molecule has 1 heterocycles. The van der Waals surface area contributed by atoms with Crippen molar-refractivity contribution >= 4 is 22.8 Å². The monoisotopic (exact) mass is 432 g/mol. The molecule has 0 fully saturated rings. The lowest BCUT2D eigenvalue weighted by Gasteiger charge is -2.13. The van der Waals surface area contributed by atoms with Crippen molar-refractivity contribution in [3.8, 4) is 5.75 Å². The van der Waals surface area contributed by atoms with Gasteiger partial charge in [0.25, 0.3) is 5.91 Å². The van der Waals surface area contributed by atoms with Crippen LogP contribution >= 0.6 is 0 Å². The number of hydrogen-bond donors (Lipinski definition) is 1. The smallest absolute Gasteiger partial charge is 0.452 e. The Bertz CT molecular complexity index is 1130. The normalized spacial score (nSPS) is 11.3. The lowest BCUT2D eigenvalue weighted by Crippen LogP contribution is -2.29. The molecule has 162 valence electrons. The minimum absolute atomic E-state index is 0.129. The van der Waals surface area contributed by atoms with Crippen molar-refractivity contribution in [3.63, 3.8) is 0 Å². The number of aryl methyl sites for hydroxylation is 2. The van der Waals surface area contributed by atoms with Gasteiger partial charge in [0.1, 0.15) is 5.75 Å². The van der Waals surface area contributed by atoms with E-state index < -0.39 is 30.6 Å². The van der Waals surface area contributed by atoms with Gasteiger partial charge in [-0.05, 0) is 38.1 Å². The summed E-state index contributed by atoms with van der Waals surface area (Å²) in [6, 6.07) is 12.7. The number of carbonyl (C=O) groups is 2. The van der Waals surface area contributed by atoms with E-state index in [2.05, 4.69) is 15.0 Å². The Morgan fingerprint density at radius 3 is 2.55 bits per heavy atom. The number of fused-ring (bicyclic) bond motifs is 1. The fourth-order valence-corrected chi connectivity index (χ4v) is 2.93. The van der Waals surface area contributed by atoms with E-state index in [1.54, 1.807) is 13.0 Å². The average Bonchev–Trinajstić information content (AvgIpc) is 2.70. The zero-order chi connectivity index (χ0) is 22.6. The van der Waals surface area contributed by atoms with Crippen LogP contribution in [0.2, 0.25) is 0 Å². The maximum absolute atomic E-state index is 12.5. The fraction of sp³-hybridized carbons (Fsp3) is 0.227. The van der Waals surface area contributed by atoms with Crippen LogP contribution in [0.4, 0.5) is 13.2 Å². The summed E-state index contributed by atoms with van der Waals surface area (Å²) < 4.78 is 46.4. The minimum Gasteiger partial charge on any atom is -0.452 e. The van der Waals surface area contributed by atoms with E-state index in [0.29, 0.717) is 5.69 Å². The molecular formula is C22H19F3N2O4. The summed E-state index contributed by atoms with van der Waals surface area (Å²) in [6.45, 7) is 2.76. The van der Waals surface area contributed by atoms with Crippen molar-refractivity contribution in [2.24, 2.45) is 0 Å². The third kappa shape index (κ3) is 5.94. The Morgan fingerprint density at radius 2 is 1.81 bits per heavy atom. The summed E-state index contributed by atoms with van der Waals surface area (Å²) >= 11 is 0. The van der Waals surface area contributed by atoms with Crippen LogP contribution in [-0.2, 0) is 16.1 Å². The van der Waals surface area contributed by atoms with E-state index in [1.807, 2.05) is 25.1 Å². The highest BCUT2D eigenvalue weighted by Gasteiger charge is 2.32. The second kappa shape index (κ2) is 9.03. The molecular weight excluding hydrogens is 413 g/mol. The second-order valence-electron chi connectivity index (χ2n) is 6.83. The molecule has 0 bridgehead atoms. The van der Waals surface area contributed by atoms with E-state index in [9.17, 15) is 22.8 Å². The number of para-hydroxylation sites is 1. The molecule has 9 heteroatoms. The van der Waals surface area contributed by atoms with Gasteiger partial charge in [0.2, 0.25) is 0 Å². The van der Waals surface area contributed by atoms with Gasteiger partial charge in [0, 0.05) is 17.5 Å². The molecule has 3 rings (SSSR count). The van der Waals surface area contributed by atoms with Crippen LogP contribution in [0.3, 0.4) is 0 Å². The number of benzene rings is 2. The third-order valence-corrected chi connectivity index (χ3v) is 4.39. The predicted octanol–water partition coefficient (Wildman–Crippen LogP) is 4.22. The highest BCUT2D eigenvalue weighted by atomic mass is 19.4. The molecule has 0 saturated carbocycles. The number of aromatic nitrogens is 1. The van der Waals surface area contributed by atoms with Crippen molar-refractivity contribution in [2.45, 2.75) is 26.8 Å². The number of ether oxygens (including phenoxy) is 2. The summed E-state index contributed by atoms with van der Waals surface area (Å²) in [4.78, 5) is 28.8. The Morgan fingerprint density at radius 1 is 1.06 bits per heavy atom. The van der Waals surface area contributed by atoms with Crippen molar-refractivity contribution in [1.82, 2.24) is 10.3 Å². The summed E-state index contributed by atoms with van der Waals surface area (Å²) in [5.41, 5.74) is 2.56. The lowest BCUT2D eigenvalue weighted by molar-refractivity contribution is -0.274. The number of hydrogen-bond acceptors (Lipinski definition) is 5. The molecule has 0 saturated heterocycles. The number of esters is 1. The standard InChI is InChI=1S/C22H19F3N2O4/c1-13-7-8-18-16(9-13)10-17(14(2)27-18)21(29)30-12-20(28)26-11-15-5-3-4-6-19(15)31-22(23,24)25/h3-10H,11-12H2,1-2H3,(H,26,28). The first-order chi connectivity index (χ1) is 14.6. The van der Waals surface area contributed by atoms with Crippen molar-refractivity contribution in [3.05, 3.63) is 70.9 Å². The SMILES string of the molecule is Cc1ccc2nc(C)c(C(=O)OCC(=O)NCc3ccccc3OC(F)(F)F)cc2c1. The van der Waals surface area contributed by atoms with Crippen LogP contribution in [0, 0.1) is 13.8 Å². The highest BCUT2D eigenvalue weighted by Crippen LogP contribution is 2.26. The first-order valence-electron chi connectivity index (χ1n) is 9.28. The predicted molar refractivity (Wildman–Crippen MR) is 106 cm³/mol. The number of nitrogens with one attached hydrogen (secondary N) is 1. The van der Waals surface area contributed by atoms with Crippen LogP contribution in [0.15, 0.2) is 48.5 Å². The third-order valence-electron chi connectivity index (χ3n) is 4.39. The van der Waals surface area contributed by atoms with Crippen LogP contribution < -0.4 is 10.1 Å². The Hall–Kier alpha value is -3.62. The Kier molecular flexibility index (Phi) is 6.43. The minimum atomic E-state index is -4.85. The van der Waals surface area contributed by atoms with Gasteiger partial charge in [0.15, 0.2) is 6.61 Å². The summed E-state index contributed by atoms with van der Waals surface area (Å²) in [5, 5.41) is 3.17. The van der Waals surface area contributed by atoms with Gasteiger partial charge in [-0.3, -0.25) is 9.78 Å². The fourth-order valence-electron chi connectivity index (χ4n) is 2.93. The van der Waals surface area contributed by atoms with Crippen molar-refractivity contribution < 1.29 is 32.2 Å². The zero-order valence-electron chi connectivity index (χ0n) is 16.7. The molecule has 0 aliphatic rings. The van der Waals surface area contributed by atoms with E-state index in [4.69, 9.17) is 4.74 Å². The molecule has 0 aliphatic carbocycles. The van der Waals surface area contributed by atoms with Crippen LogP contribution in [0.5, 0.6) is 5.75 Å². The topological polar surface area (TPSA) is 77.5 Å². The molecule has 0 atom stereocenters. The number of amides is 1. The van der Waals surface area contributed by atoms with Gasteiger partial charge in [0.05, 0.1) is 16.8 Å². The quantitative estimate of drug-likeness (QED) is 0.590. The molecule has 3 aromatic rings. The second-order valence-corrected chi connectivity index (χ2v) is 6.83. The number of pyridine rings is 1. The summed E-state index contributed by atoms with van der Waals surface area (Å²) in [6.07, 6.45) is -4.85. The first-order valence-corrected chi connectivity index (χ1v) is 9.28. The molecule has 31 heavy (non-hydrogen) atoms. The van der Waals surface area contributed by atoms with Gasteiger partial charge in [-0.15, -0.1) is 13.2 Å². The van der Waals surface area contributed by atoms with Crippen LogP contribution in [-0.4, -0.2) is 29.8 Å². The lowest BCUT2D eigenvalue weighted by atomic mass is 10.1. The van der Waals surface area contributed by atoms with Gasteiger partial charge in [-0.2, -0.15) is 0 Å². The number of nitrogens with zero attached hydrogens (tertiary/aromatic N) is 1. The Labute approximate surface area is 176 Å². The van der Waals surface area contributed by atoms with Gasteiger partial charge < -0.3 is 14.8 Å². The first kappa shape index (κ1) is 22.1. The Balaban J connectivity index is 1.60. The maximum Gasteiger partial charge on any atom is 0.573 e. The molecule has 1 amide bonds. The van der Waals surface area contributed by atoms with E-state index in [1.165, 1.54) is 18.2 Å². The molecule has 6 nitrogen and oxygen atoms in total. The molecule has 1 N–H and O–H groups in total. The maximum atomic E-state index is 12.5. The number of rotatable bonds is 6. The van der Waals surface area contributed by atoms with Gasteiger partial charge >= 0.3 is 12.3 Å². The summed E-state index contributed by atoms with van der Waals surface area (Å²) in [7, 11) is 0. The largest absolute Gasteiger partial charge is 0.573 e. The number of halogens is 3. The molecule has 0 aliphatic heterocycles. The van der Waals surface area contributed by atoms with E-state index in [0.717, 1.165) is 22.5 Å². The molecule has 1 aromatic heterocycles. The van der Waals surface area contributed by atoms with Crippen LogP contribution in [0.25, 0.3) is 10.9 Å². The van der Waals surface area contributed by atoms with E-state index in [-0.39, 0.29) is 17.7 Å². The van der Waals surface area contributed by atoms with Crippen molar-refractivity contribution in [2.75, 3.05) is 6.61 Å². The number of carbonyl (C=O) groups excluding carboxylic acids is 2. The highest BCUT2D eigenvalue weighted by molar-refractivity contribution is 5.96. The van der Waals surface area contributed by atoms with Crippen LogP contribution in [0.1, 0.15) is 27.2 Å². The number of alkyl halides is 3. The average molecular weight is 432 g/mol. The van der Waals surface area contributed by atoms with Gasteiger partial charge in [-0.25, -0.2) is 4.79 Å². The van der Waals surface area contributed by atoms with Crippen molar-refractivity contribution in [1.29, 1.82) is 0 Å². The molecule has 0 radical (unpaired) electrons. The summed E-state index contributed by atoms with van der Waals surface area (Å²) in [5.74, 6) is -1.80. The molecule has 2 aromatic carbocycles. The van der Waals surface area contributed by atoms with Gasteiger partial charge in [-0.1, -0.05) is 29.8 Å². The van der Waals surface area contributed by atoms with E-state index >= 15 is 0 Å². The molecule has 0 unspecified atom stereocenters. The molecule has 0 spiro atoms.